The van der Waals surface area contributed by atoms with Crippen LogP contribution in [0.2, 0.25) is 0 Å². The van der Waals surface area contributed by atoms with E-state index in [2.05, 4.69) is 15.5 Å². The standard InChI is InChI=1S/C19H23N5O4S/c1-11(13-4-5-14-15(8-13)28-7-6-27-14)21-17(26)10-29-19-23-22-18(12-2-3-12)24(19)9-16(20)25/h4-5,8,11-12H,2-3,6-7,9-10H2,1H3,(H2,20,25)(H,21,26). The van der Waals surface area contributed by atoms with Gasteiger partial charge in [0.25, 0.3) is 0 Å². The zero-order chi connectivity index (χ0) is 20.4. The molecular weight excluding hydrogens is 394 g/mol. The zero-order valence-electron chi connectivity index (χ0n) is 16.1. The highest BCUT2D eigenvalue weighted by molar-refractivity contribution is 7.99. The molecule has 154 valence electrons. The third-order valence-corrected chi connectivity index (χ3v) is 5.74. The Balaban J connectivity index is 1.36. The molecule has 2 aromatic rings. The van der Waals surface area contributed by atoms with Gasteiger partial charge < -0.3 is 20.5 Å². The summed E-state index contributed by atoms with van der Waals surface area (Å²) in [6.07, 6.45) is 2.07. The van der Waals surface area contributed by atoms with Gasteiger partial charge in [0.2, 0.25) is 11.8 Å². The van der Waals surface area contributed by atoms with E-state index in [4.69, 9.17) is 15.2 Å². The minimum atomic E-state index is -0.453. The van der Waals surface area contributed by atoms with Crippen LogP contribution in [0.1, 0.15) is 43.1 Å². The number of aromatic nitrogens is 3. The van der Waals surface area contributed by atoms with Crippen molar-refractivity contribution >= 4 is 23.6 Å². The Hall–Kier alpha value is -2.75. The van der Waals surface area contributed by atoms with Gasteiger partial charge in [0.15, 0.2) is 16.7 Å². The number of carbonyl (C=O) groups excluding carboxylic acids is 2. The van der Waals surface area contributed by atoms with Crippen molar-refractivity contribution in [1.82, 2.24) is 20.1 Å². The molecular formula is C19H23N5O4S. The van der Waals surface area contributed by atoms with Crippen molar-refractivity contribution in [3.63, 3.8) is 0 Å². The van der Waals surface area contributed by atoms with Crippen molar-refractivity contribution in [2.45, 2.75) is 43.4 Å². The molecule has 2 aliphatic rings. The number of primary amides is 1. The Morgan fingerprint density at radius 1 is 1.28 bits per heavy atom. The average Bonchev–Trinajstić information content (AvgIpc) is 3.47. The molecule has 1 fully saturated rings. The summed E-state index contributed by atoms with van der Waals surface area (Å²) < 4.78 is 12.8. The summed E-state index contributed by atoms with van der Waals surface area (Å²) in [5.41, 5.74) is 6.28. The van der Waals surface area contributed by atoms with E-state index in [1.165, 1.54) is 11.8 Å². The summed E-state index contributed by atoms with van der Waals surface area (Å²) in [6.45, 7) is 2.99. The number of benzene rings is 1. The Labute approximate surface area is 172 Å². The summed E-state index contributed by atoms with van der Waals surface area (Å²) in [4.78, 5) is 23.8. The van der Waals surface area contributed by atoms with Crippen LogP contribution in [-0.2, 0) is 16.1 Å². The van der Waals surface area contributed by atoms with Crippen molar-refractivity contribution in [3.8, 4) is 11.5 Å². The minimum absolute atomic E-state index is 0.0242. The number of thioether (sulfide) groups is 1. The number of nitrogens with zero attached hydrogens (tertiary/aromatic N) is 3. The number of rotatable bonds is 8. The Morgan fingerprint density at radius 2 is 2.03 bits per heavy atom. The molecule has 10 heteroatoms. The van der Waals surface area contributed by atoms with Crippen molar-refractivity contribution in [1.29, 1.82) is 0 Å². The van der Waals surface area contributed by atoms with Crippen LogP contribution in [0.15, 0.2) is 23.4 Å². The monoisotopic (exact) mass is 417 g/mol. The fraction of sp³-hybridized carbons (Fsp3) is 0.474. The van der Waals surface area contributed by atoms with Gasteiger partial charge >= 0.3 is 0 Å². The molecule has 1 aliphatic heterocycles. The molecule has 1 aromatic heterocycles. The molecule has 2 amide bonds. The number of carbonyl (C=O) groups is 2. The highest BCUT2D eigenvalue weighted by Crippen LogP contribution is 2.40. The number of amides is 2. The number of ether oxygens (including phenoxy) is 2. The second kappa shape index (κ2) is 8.32. The van der Waals surface area contributed by atoms with Crippen molar-refractivity contribution in [2.75, 3.05) is 19.0 Å². The van der Waals surface area contributed by atoms with Crippen LogP contribution < -0.4 is 20.5 Å². The summed E-state index contributed by atoms with van der Waals surface area (Å²) >= 11 is 1.25. The first kappa shape index (κ1) is 19.6. The fourth-order valence-corrected chi connectivity index (χ4v) is 3.94. The molecule has 1 unspecified atom stereocenters. The second-order valence-corrected chi connectivity index (χ2v) is 8.09. The van der Waals surface area contributed by atoms with E-state index in [0.717, 1.165) is 24.2 Å². The summed E-state index contributed by atoms with van der Waals surface area (Å²) in [7, 11) is 0. The third-order valence-electron chi connectivity index (χ3n) is 4.78. The first-order valence-corrected chi connectivity index (χ1v) is 10.5. The fourth-order valence-electron chi connectivity index (χ4n) is 3.18. The molecule has 1 saturated carbocycles. The lowest BCUT2D eigenvalue weighted by Gasteiger charge is -2.21. The Kier molecular flexibility index (Phi) is 5.61. The molecule has 1 atom stereocenters. The maximum atomic E-state index is 12.4. The molecule has 0 saturated heterocycles. The molecule has 3 N–H and O–H groups in total. The van der Waals surface area contributed by atoms with Gasteiger partial charge in [-0.15, -0.1) is 10.2 Å². The first-order chi connectivity index (χ1) is 14.0. The summed E-state index contributed by atoms with van der Waals surface area (Å²) in [5, 5.41) is 11.8. The molecule has 1 aliphatic carbocycles. The average molecular weight is 417 g/mol. The van der Waals surface area contributed by atoms with Gasteiger partial charge in [-0.05, 0) is 37.5 Å². The van der Waals surface area contributed by atoms with Crippen LogP contribution in [0.25, 0.3) is 0 Å². The predicted octanol–water partition coefficient (Wildman–Crippen LogP) is 1.38. The van der Waals surface area contributed by atoms with Crippen LogP contribution >= 0.6 is 11.8 Å². The van der Waals surface area contributed by atoms with Gasteiger partial charge in [-0.1, -0.05) is 17.8 Å². The smallest absolute Gasteiger partial charge is 0.237 e. The summed E-state index contributed by atoms with van der Waals surface area (Å²) in [5.74, 6) is 2.09. The van der Waals surface area contributed by atoms with Crippen LogP contribution in [-0.4, -0.2) is 45.5 Å². The molecule has 9 nitrogen and oxygen atoms in total. The molecule has 0 bridgehead atoms. The molecule has 29 heavy (non-hydrogen) atoms. The van der Waals surface area contributed by atoms with E-state index >= 15 is 0 Å². The van der Waals surface area contributed by atoms with Crippen molar-refractivity contribution in [3.05, 3.63) is 29.6 Å². The summed E-state index contributed by atoms with van der Waals surface area (Å²) in [6, 6.07) is 5.46. The highest BCUT2D eigenvalue weighted by Gasteiger charge is 2.31. The number of fused-ring (bicyclic) bond motifs is 1. The van der Waals surface area contributed by atoms with Gasteiger partial charge in [0.05, 0.1) is 11.8 Å². The number of nitrogens with two attached hydrogens (primary N) is 1. The van der Waals surface area contributed by atoms with E-state index in [9.17, 15) is 9.59 Å². The lowest BCUT2D eigenvalue weighted by atomic mass is 10.1. The molecule has 1 aromatic carbocycles. The topological polar surface area (TPSA) is 121 Å². The second-order valence-electron chi connectivity index (χ2n) is 7.15. The normalized spacial score (nSPS) is 16.3. The SMILES string of the molecule is CC(NC(=O)CSc1nnc(C2CC2)n1CC(N)=O)c1ccc2c(c1)OCCO2. The quantitative estimate of drug-likeness (QED) is 0.622. The van der Waals surface area contributed by atoms with Crippen molar-refractivity contribution in [2.24, 2.45) is 5.73 Å². The number of hydrogen-bond acceptors (Lipinski definition) is 7. The van der Waals surface area contributed by atoms with E-state index in [1.54, 1.807) is 4.57 Å². The Bertz CT molecular complexity index is 927. The first-order valence-electron chi connectivity index (χ1n) is 9.54. The lowest BCUT2D eigenvalue weighted by molar-refractivity contribution is -0.119. The lowest BCUT2D eigenvalue weighted by Crippen LogP contribution is -2.28. The van der Waals surface area contributed by atoms with Crippen LogP contribution in [0, 0.1) is 0 Å². The number of nitrogens with one attached hydrogen (secondary N) is 1. The maximum absolute atomic E-state index is 12.4. The predicted molar refractivity (Wildman–Crippen MR) is 106 cm³/mol. The largest absolute Gasteiger partial charge is 0.486 e. The van der Waals surface area contributed by atoms with Gasteiger partial charge in [-0.25, -0.2) is 0 Å². The highest BCUT2D eigenvalue weighted by atomic mass is 32.2. The van der Waals surface area contributed by atoms with Gasteiger partial charge in [-0.3, -0.25) is 14.2 Å². The minimum Gasteiger partial charge on any atom is -0.486 e. The van der Waals surface area contributed by atoms with E-state index in [1.807, 2.05) is 25.1 Å². The van der Waals surface area contributed by atoms with Crippen LogP contribution in [0.3, 0.4) is 0 Å². The van der Waals surface area contributed by atoms with E-state index in [-0.39, 0.29) is 24.2 Å². The molecule has 0 spiro atoms. The van der Waals surface area contributed by atoms with Crippen molar-refractivity contribution < 1.29 is 19.1 Å². The van der Waals surface area contributed by atoms with Gasteiger partial charge in [-0.2, -0.15) is 0 Å². The maximum Gasteiger partial charge on any atom is 0.237 e. The molecule has 0 radical (unpaired) electrons. The van der Waals surface area contributed by atoms with E-state index in [0.29, 0.717) is 35.8 Å². The van der Waals surface area contributed by atoms with Gasteiger partial charge in [0.1, 0.15) is 25.6 Å². The van der Waals surface area contributed by atoms with E-state index < -0.39 is 5.91 Å². The molecule has 4 rings (SSSR count). The third kappa shape index (κ3) is 4.64. The van der Waals surface area contributed by atoms with Gasteiger partial charge in [0, 0.05) is 5.92 Å². The zero-order valence-corrected chi connectivity index (χ0v) is 16.9. The Morgan fingerprint density at radius 3 is 2.76 bits per heavy atom. The molecule has 2 heterocycles. The number of hydrogen-bond donors (Lipinski definition) is 2. The van der Waals surface area contributed by atoms with Crippen LogP contribution in [0.5, 0.6) is 11.5 Å². The van der Waals surface area contributed by atoms with Crippen LogP contribution in [0.4, 0.5) is 0 Å².